The van der Waals surface area contributed by atoms with Gasteiger partial charge in [0.25, 0.3) is 0 Å². The van der Waals surface area contributed by atoms with Crippen LogP contribution in [-0.2, 0) is 10.5 Å². The van der Waals surface area contributed by atoms with Crippen molar-refractivity contribution in [2.45, 2.75) is 24.3 Å². The van der Waals surface area contributed by atoms with Crippen molar-refractivity contribution >= 4 is 29.1 Å². The summed E-state index contributed by atoms with van der Waals surface area (Å²) < 4.78 is 5.27. The van der Waals surface area contributed by atoms with Crippen LogP contribution >= 0.6 is 23.1 Å². The monoisotopic (exact) mass is 283 g/mol. The first kappa shape index (κ1) is 13.2. The molecule has 0 aliphatic heterocycles. The number of carbonyl (C=O) groups is 1. The summed E-state index contributed by atoms with van der Waals surface area (Å²) >= 11 is 3.14. The van der Waals surface area contributed by atoms with E-state index in [4.69, 9.17) is 9.52 Å². The van der Waals surface area contributed by atoms with Gasteiger partial charge in [-0.2, -0.15) is 11.8 Å². The number of thiazole rings is 1. The molecule has 1 atom stereocenters. The highest BCUT2D eigenvalue weighted by Crippen LogP contribution is 2.27. The fraction of sp³-hybridized carbons (Fsp3) is 0.333. The highest BCUT2D eigenvalue weighted by atomic mass is 32.2. The maximum atomic E-state index is 10.5. The number of aliphatic carboxylic acids is 1. The van der Waals surface area contributed by atoms with E-state index >= 15 is 0 Å². The molecule has 1 unspecified atom stereocenters. The Morgan fingerprint density at radius 2 is 2.50 bits per heavy atom. The van der Waals surface area contributed by atoms with Crippen LogP contribution in [0, 0.1) is 0 Å². The van der Waals surface area contributed by atoms with E-state index in [-0.39, 0.29) is 11.7 Å². The lowest BCUT2D eigenvalue weighted by atomic mass is 10.3. The molecule has 2 aromatic heterocycles. The largest absolute Gasteiger partial charge is 0.481 e. The second kappa shape index (κ2) is 6.06. The summed E-state index contributed by atoms with van der Waals surface area (Å²) in [4.78, 5) is 15.0. The van der Waals surface area contributed by atoms with Gasteiger partial charge in [-0.3, -0.25) is 4.79 Å². The SMILES string of the molecule is CC(CC(=O)O)SCc1csc(-c2ccco2)n1. The fourth-order valence-electron chi connectivity index (χ4n) is 1.42. The van der Waals surface area contributed by atoms with Crippen LogP contribution in [0.2, 0.25) is 0 Å². The minimum absolute atomic E-state index is 0.0938. The van der Waals surface area contributed by atoms with Gasteiger partial charge in [0.15, 0.2) is 10.8 Å². The van der Waals surface area contributed by atoms with Gasteiger partial charge >= 0.3 is 5.97 Å². The van der Waals surface area contributed by atoms with Crippen LogP contribution < -0.4 is 0 Å². The highest BCUT2D eigenvalue weighted by Gasteiger charge is 2.11. The number of hydrogen-bond donors (Lipinski definition) is 1. The van der Waals surface area contributed by atoms with Crippen LogP contribution in [0.5, 0.6) is 0 Å². The van der Waals surface area contributed by atoms with Crippen LogP contribution in [0.3, 0.4) is 0 Å². The molecule has 0 amide bonds. The summed E-state index contributed by atoms with van der Waals surface area (Å²) in [5, 5.41) is 11.6. The van der Waals surface area contributed by atoms with Crippen molar-refractivity contribution in [3.05, 3.63) is 29.5 Å². The Morgan fingerprint density at radius 3 is 3.17 bits per heavy atom. The molecule has 0 spiro atoms. The molecule has 0 aliphatic carbocycles. The number of hydrogen-bond acceptors (Lipinski definition) is 5. The minimum Gasteiger partial charge on any atom is -0.481 e. The summed E-state index contributed by atoms with van der Waals surface area (Å²) in [6.07, 6.45) is 1.81. The van der Waals surface area contributed by atoms with Crippen molar-refractivity contribution in [2.24, 2.45) is 0 Å². The second-order valence-corrected chi connectivity index (χ2v) is 6.13. The lowest BCUT2D eigenvalue weighted by Gasteiger charge is -2.06. The first-order valence-electron chi connectivity index (χ1n) is 5.47. The third kappa shape index (κ3) is 3.61. The lowest BCUT2D eigenvalue weighted by molar-refractivity contribution is -0.136. The van der Waals surface area contributed by atoms with Gasteiger partial charge in [0.1, 0.15) is 0 Å². The second-order valence-electron chi connectivity index (χ2n) is 3.84. The van der Waals surface area contributed by atoms with Crippen molar-refractivity contribution in [3.8, 4) is 10.8 Å². The van der Waals surface area contributed by atoms with Gasteiger partial charge in [-0.1, -0.05) is 6.92 Å². The Labute approximate surface area is 113 Å². The van der Waals surface area contributed by atoms with E-state index in [1.54, 1.807) is 18.0 Å². The van der Waals surface area contributed by atoms with E-state index in [1.165, 1.54) is 11.3 Å². The van der Waals surface area contributed by atoms with Crippen molar-refractivity contribution in [1.82, 2.24) is 4.98 Å². The Morgan fingerprint density at radius 1 is 1.67 bits per heavy atom. The topological polar surface area (TPSA) is 63.3 Å². The van der Waals surface area contributed by atoms with Gasteiger partial charge in [-0.15, -0.1) is 11.3 Å². The van der Waals surface area contributed by atoms with Crippen LogP contribution in [0.4, 0.5) is 0 Å². The molecule has 0 bridgehead atoms. The third-order valence-corrected chi connectivity index (χ3v) is 4.37. The molecule has 18 heavy (non-hydrogen) atoms. The average Bonchev–Trinajstić information content (AvgIpc) is 2.96. The van der Waals surface area contributed by atoms with Gasteiger partial charge in [0.2, 0.25) is 0 Å². The Bertz CT molecular complexity index is 507. The smallest absolute Gasteiger partial charge is 0.304 e. The predicted octanol–water partition coefficient (Wildman–Crippen LogP) is 3.50. The van der Waals surface area contributed by atoms with Crippen molar-refractivity contribution < 1.29 is 14.3 Å². The van der Waals surface area contributed by atoms with E-state index in [2.05, 4.69) is 4.98 Å². The van der Waals surface area contributed by atoms with Crippen LogP contribution in [-0.4, -0.2) is 21.3 Å². The number of nitrogens with zero attached hydrogens (tertiary/aromatic N) is 1. The fourth-order valence-corrected chi connectivity index (χ4v) is 3.17. The van der Waals surface area contributed by atoms with Gasteiger partial charge in [-0.05, 0) is 12.1 Å². The number of furan rings is 1. The highest BCUT2D eigenvalue weighted by molar-refractivity contribution is 7.99. The van der Waals surface area contributed by atoms with Crippen molar-refractivity contribution in [2.75, 3.05) is 0 Å². The summed E-state index contributed by atoms with van der Waals surface area (Å²) in [5.41, 5.74) is 0.966. The van der Waals surface area contributed by atoms with Gasteiger partial charge in [0, 0.05) is 16.4 Å². The Kier molecular flexibility index (Phi) is 4.43. The average molecular weight is 283 g/mol. The quantitative estimate of drug-likeness (QED) is 0.879. The van der Waals surface area contributed by atoms with E-state index in [9.17, 15) is 4.79 Å². The minimum atomic E-state index is -0.760. The molecule has 0 aromatic carbocycles. The van der Waals surface area contributed by atoms with E-state index in [1.807, 2.05) is 24.4 Å². The zero-order valence-electron chi connectivity index (χ0n) is 9.83. The van der Waals surface area contributed by atoms with Crippen LogP contribution in [0.15, 0.2) is 28.2 Å². The maximum absolute atomic E-state index is 10.5. The Balaban J connectivity index is 1.89. The van der Waals surface area contributed by atoms with Gasteiger partial charge in [0.05, 0.1) is 18.4 Å². The molecule has 2 aromatic rings. The molecule has 1 N–H and O–H groups in total. The summed E-state index contributed by atoms with van der Waals surface area (Å²) in [7, 11) is 0. The molecule has 2 rings (SSSR count). The molecule has 0 radical (unpaired) electrons. The van der Waals surface area contributed by atoms with Gasteiger partial charge in [-0.25, -0.2) is 4.98 Å². The molecule has 96 valence electrons. The number of carboxylic acid groups (broad SMARTS) is 1. The summed E-state index contributed by atoms with van der Waals surface area (Å²) in [6, 6.07) is 3.71. The molecule has 0 aliphatic rings. The zero-order chi connectivity index (χ0) is 13.0. The molecule has 0 saturated heterocycles. The molecule has 0 saturated carbocycles. The number of aromatic nitrogens is 1. The molecule has 6 heteroatoms. The van der Waals surface area contributed by atoms with Crippen molar-refractivity contribution in [3.63, 3.8) is 0 Å². The molecular formula is C12H13NO3S2. The lowest BCUT2D eigenvalue weighted by Crippen LogP contribution is -2.05. The number of thioether (sulfide) groups is 1. The number of rotatable bonds is 6. The first-order chi connectivity index (χ1) is 8.65. The molecule has 2 heterocycles. The normalized spacial score (nSPS) is 12.5. The molecule has 4 nitrogen and oxygen atoms in total. The maximum Gasteiger partial charge on any atom is 0.304 e. The molecule has 0 fully saturated rings. The Hall–Kier alpha value is -1.27. The summed E-state index contributed by atoms with van der Waals surface area (Å²) in [5.74, 6) is 0.741. The van der Waals surface area contributed by atoms with Crippen molar-refractivity contribution in [1.29, 1.82) is 0 Å². The van der Waals surface area contributed by atoms with E-state index < -0.39 is 5.97 Å². The van der Waals surface area contributed by atoms with E-state index in [0.717, 1.165) is 22.2 Å². The van der Waals surface area contributed by atoms with Crippen LogP contribution in [0.1, 0.15) is 19.0 Å². The third-order valence-electron chi connectivity index (χ3n) is 2.26. The predicted molar refractivity (Wildman–Crippen MR) is 72.8 cm³/mol. The first-order valence-corrected chi connectivity index (χ1v) is 7.39. The summed E-state index contributed by atoms with van der Waals surface area (Å²) in [6.45, 7) is 1.92. The van der Waals surface area contributed by atoms with E-state index in [0.29, 0.717) is 0 Å². The zero-order valence-corrected chi connectivity index (χ0v) is 11.5. The standard InChI is InChI=1S/C12H13NO3S2/c1-8(5-11(14)15)17-6-9-7-18-12(13-9)10-3-2-4-16-10/h2-4,7-8H,5-6H2,1H3,(H,14,15). The molecular weight excluding hydrogens is 270 g/mol. The van der Waals surface area contributed by atoms with Gasteiger partial charge < -0.3 is 9.52 Å². The number of carboxylic acids is 1. The van der Waals surface area contributed by atoms with Crippen LogP contribution in [0.25, 0.3) is 10.8 Å².